The van der Waals surface area contributed by atoms with Gasteiger partial charge < -0.3 is 15.4 Å². The molecule has 0 aliphatic rings. The molecule has 0 atom stereocenters. The Kier molecular flexibility index (Phi) is 7.57. The largest absolute Gasteiger partial charge is 0.495 e. The van der Waals surface area contributed by atoms with Crippen LogP contribution in [0, 0.1) is 6.92 Å². The van der Waals surface area contributed by atoms with Crippen molar-refractivity contribution in [2.75, 3.05) is 29.1 Å². The van der Waals surface area contributed by atoms with Crippen LogP contribution in [0.15, 0.2) is 71.6 Å². The number of nitrogens with one attached hydrogen (secondary N) is 2. The van der Waals surface area contributed by atoms with E-state index in [2.05, 4.69) is 10.6 Å². The summed E-state index contributed by atoms with van der Waals surface area (Å²) < 4.78 is 33.1. The third-order valence-corrected chi connectivity index (χ3v) is 7.03. The molecule has 0 saturated heterocycles. The molecule has 2 N–H and O–H groups in total. The molecule has 0 radical (unpaired) electrons. The van der Waals surface area contributed by atoms with Crippen molar-refractivity contribution >= 4 is 38.9 Å². The fourth-order valence-corrected chi connectivity index (χ4v) is 4.54. The number of amides is 2. The van der Waals surface area contributed by atoms with E-state index in [0.29, 0.717) is 34.8 Å². The molecule has 0 spiro atoms. The minimum atomic E-state index is -3.97. The molecule has 0 fully saturated rings. The summed E-state index contributed by atoms with van der Waals surface area (Å²) in [5, 5.41) is 5.51. The molecule has 0 saturated carbocycles. The van der Waals surface area contributed by atoms with Crippen LogP contribution >= 0.6 is 0 Å². The summed E-state index contributed by atoms with van der Waals surface area (Å²) in [5.74, 6) is -0.196. The number of rotatable bonds is 8. The molecule has 0 aliphatic heterocycles. The van der Waals surface area contributed by atoms with Gasteiger partial charge in [-0.1, -0.05) is 31.2 Å². The Labute approximate surface area is 199 Å². The molecule has 9 heteroatoms. The van der Waals surface area contributed by atoms with E-state index < -0.39 is 15.9 Å². The lowest BCUT2D eigenvalue weighted by Crippen LogP contribution is -2.27. The van der Waals surface area contributed by atoms with E-state index >= 15 is 0 Å². The van der Waals surface area contributed by atoms with Gasteiger partial charge in [0.15, 0.2) is 0 Å². The number of hydrogen-bond acceptors (Lipinski definition) is 5. The van der Waals surface area contributed by atoms with Gasteiger partial charge in [-0.05, 0) is 55.0 Å². The van der Waals surface area contributed by atoms with Gasteiger partial charge in [0.25, 0.3) is 15.9 Å². The SMILES string of the molecule is CCC(=O)Nc1cccc(NC(=O)c2cc(S(=O)(=O)N(C)c3ccccc3OC)ccc2C)c1. The predicted molar refractivity (Wildman–Crippen MR) is 133 cm³/mol. The fraction of sp³-hybridized carbons (Fsp3) is 0.200. The highest BCUT2D eigenvalue weighted by Gasteiger charge is 2.25. The van der Waals surface area contributed by atoms with Gasteiger partial charge in [0.1, 0.15) is 5.75 Å². The number of methoxy groups -OCH3 is 1. The van der Waals surface area contributed by atoms with Crippen LogP contribution in [-0.2, 0) is 14.8 Å². The quantitative estimate of drug-likeness (QED) is 0.495. The number of sulfonamides is 1. The highest BCUT2D eigenvalue weighted by molar-refractivity contribution is 7.92. The predicted octanol–water partition coefficient (Wildman–Crippen LogP) is 4.43. The van der Waals surface area contributed by atoms with Crippen molar-refractivity contribution in [3.8, 4) is 5.75 Å². The van der Waals surface area contributed by atoms with E-state index in [0.717, 1.165) is 4.31 Å². The number of nitrogens with zero attached hydrogens (tertiary/aromatic N) is 1. The topological polar surface area (TPSA) is 105 Å². The van der Waals surface area contributed by atoms with E-state index in [4.69, 9.17) is 4.74 Å². The first-order chi connectivity index (χ1) is 16.2. The van der Waals surface area contributed by atoms with Crippen LogP contribution in [0.3, 0.4) is 0 Å². The summed E-state index contributed by atoms with van der Waals surface area (Å²) in [4.78, 5) is 24.6. The third-order valence-electron chi connectivity index (χ3n) is 5.26. The number of carbonyl (C=O) groups is 2. The number of anilines is 3. The van der Waals surface area contributed by atoms with Gasteiger partial charge in [-0.25, -0.2) is 8.42 Å². The Balaban J connectivity index is 1.89. The average Bonchev–Trinajstić information content (AvgIpc) is 2.83. The lowest BCUT2D eigenvalue weighted by atomic mass is 10.1. The number of para-hydroxylation sites is 2. The Bertz CT molecular complexity index is 1320. The van der Waals surface area contributed by atoms with Crippen molar-refractivity contribution in [1.82, 2.24) is 0 Å². The van der Waals surface area contributed by atoms with Gasteiger partial charge in [0.2, 0.25) is 5.91 Å². The molecule has 0 aromatic heterocycles. The monoisotopic (exact) mass is 481 g/mol. The molecule has 8 nitrogen and oxygen atoms in total. The Hall–Kier alpha value is -3.85. The van der Waals surface area contributed by atoms with E-state index in [1.165, 1.54) is 26.3 Å². The number of benzene rings is 3. The lowest BCUT2D eigenvalue weighted by molar-refractivity contribution is -0.115. The van der Waals surface area contributed by atoms with Gasteiger partial charge in [-0.3, -0.25) is 13.9 Å². The van der Waals surface area contributed by atoms with Gasteiger partial charge >= 0.3 is 0 Å². The van der Waals surface area contributed by atoms with E-state index in [1.807, 2.05) is 0 Å². The number of carbonyl (C=O) groups excluding carboxylic acids is 2. The van der Waals surface area contributed by atoms with Crippen molar-refractivity contribution < 1.29 is 22.7 Å². The standard InChI is InChI=1S/C25H27N3O5S/c1-5-24(29)26-18-9-8-10-19(15-18)27-25(30)21-16-20(14-13-17(21)2)34(31,32)28(3)22-11-6-7-12-23(22)33-4/h6-16H,5H2,1-4H3,(H,26,29)(H,27,30). The van der Waals surface area contributed by atoms with Gasteiger partial charge in [-0.15, -0.1) is 0 Å². The highest BCUT2D eigenvalue weighted by Crippen LogP contribution is 2.31. The van der Waals surface area contributed by atoms with Crippen LogP contribution in [0.4, 0.5) is 17.1 Å². The average molecular weight is 482 g/mol. The molecule has 0 bridgehead atoms. The van der Waals surface area contributed by atoms with Crippen molar-refractivity contribution in [2.45, 2.75) is 25.2 Å². The molecule has 0 heterocycles. The minimum Gasteiger partial charge on any atom is -0.495 e. The van der Waals surface area contributed by atoms with E-state index in [9.17, 15) is 18.0 Å². The minimum absolute atomic E-state index is 0.0272. The summed E-state index contributed by atoms with van der Waals surface area (Å²) in [6.07, 6.45) is 0.334. The van der Waals surface area contributed by atoms with Gasteiger partial charge in [-0.2, -0.15) is 0 Å². The second-order valence-corrected chi connectivity index (χ2v) is 9.53. The van der Waals surface area contributed by atoms with Crippen molar-refractivity contribution in [2.24, 2.45) is 0 Å². The first-order valence-electron chi connectivity index (χ1n) is 10.6. The Morgan fingerprint density at radius 3 is 2.29 bits per heavy atom. The molecule has 3 aromatic carbocycles. The van der Waals surface area contributed by atoms with E-state index in [-0.39, 0.29) is 16.4 Å². The summed E-state index contributed by atoms with van der Waals surface area (Å²) >= 11 is 0. The van der Waals surface area contributed by atoms with Gasteiger partial charge in [0.05, 0.1) is 17.7 Å². The number of ether oxygens (including phenoxy) is 1. The normalized spacial score (nSPS) is 10.9. The molecule has 0 unspecified atom stereocenters. The molecule has 3 aromatic rings. The Morgan fingerprint density at radius 1 is 0.941 bits per heavy atom. The molecular weight excluding hydrogens is 454 g/mol. The van der Waals surface area contributed by atoms with Crippen molar-refractivity contribution in [3.63, 3.8) is 0 Å². The molecule has 178 valence electrons. The second kappa shape index (κ2) is 10.4. The fourth-order valence-electron chi connectivity index (χ4n) is 3.31. The summed E-state index contributed by atoms with van der Waals surface area (Å²) in [6, 6.07) is 17.9. The van der Waals surface area contributed by atoms with Crippen LogP contribution in [0.5, 0.6) is 5.75 Å². The van der Waals surface area contributed by atoms with Crippen LogP contribution in [0.25, 0.3) is 0 Å². The van der Waals surface area contributed by atoms with E-state index in [1.54, 1.807) is 68.4 Å². The summed E-state index contributed by atoms with van der Waals surface area (Å²) in [7, 11) is -1.07. The zero-order chi connectivity index (χ0) is 24.9. The lowest BCUT2D eigenvalue weighted by Gasteiger charge is -2.22. The maximum atomic E-state index is 13.3. The van der Waals surface area contributed by atoms with Crippen molar-refractivity contribution in [1.29, 1.82) is 0 Å². The van der Waals surface area contributed by atoms with Crippen LogP contribution in [-0.4, -0.2) is 34.4 Å². The first kappa shape index (κ1) is 24.8. The second-order valence-electron chi connectivity index (χ2n) is 7.56. The highest BCUT2D eigenvalue weighted by atomic mass is 32.2. The maximum absolute atomic E-state index is 13.3. The molecule has 3 rings (SSSR count). The Morgan fingerprint density at radius 2 is 1.62 bits per heavy atom. The van der Waals surface area contributed by atoms with Gasteiger partial charge in [0, 0.05) is 30.4 Å². The third kappa shape index (κ3) is 5.37. The zero-order valence-corrected chi connectivity index (χ0v) is 20.3. The first-order valence-corrected chi connectivity index (χ1v) is 12.0. The summed E-state index contributed by atoms with van der Waals surface area (Å²) in [6.45, 7) is 3.48. The maximum Gasteiger partial charge on any atom is 0.264 e. The molecule has 0 aliphatic carbocycles. The summed E-state index contributed by atoms with van der Waals surface area (Å²) in [5.41, 5.74) is 2.24. The number of hydrogen-bond donors (Lipinski definition) is 2. The molecule has 2 amide bonds. The molecular formula is C25H27N3O5S. The van der Waals surface area contributed by atoms with Crippen LogP contribution in [0.1, 0.15) is 29.3 Å². The van der Waals surface area contributed by atoms with Crippen LogP contribution in [0.2, 0.25) is 0 Å². The zero-order valence-electron chi connectivity index (χ0n) is 19.5. The molecule has 34 heavy (non-hydrogen) atoms. The van der Waals surface area contributed by atoms with Crippen molar-refractivity contribution in [3.05, 3.63) is 77.9 Å². The number of aryl methyl sites for hydroxylation is 1. The van der Waals surface area contributed by atoms with Crippen LogP contribution < -0.4 is 19.7 Å². The smallest absolute Gasteiger partial charge is 0.264 e.